The second-order valence-corrected chi connectivity index (χ2v) is 3.42. The standard InChI is InChI=1S/C9H12F3N/c1-6(2)7-4-8(9(10,11)12)13(3)5-7/h4-6H,1-3H3. The predicted molar refractivity (Wildman–Crippen MR) is 44.5 cm³/mol. The number of rotatable bonds is 1. The first-order chi connectivity index (χ1) is 5.82. The number of alkyl halides is 3. The van der Waals surface area contributed by atoms with Crippen molar-refractivity contribution < 1.29 is 13.2 Å². The summed E-state index contributed by atoms with van der Waals surface area (Å²) in [5, 5.41) is 0. The maximum Gasteiger partial charge on any atom is 0.431 e. The summed E-state index contributed by atoms with van der Waals surface area (Å²) in [7, 11) is 1.41. The monoisotopic (exact) mass is 191 g/mol. The Hall–Kier alpha value is -0.930. The average molecular weight is 191 g/mol. The molecule has 13 heavy (non-hydrogen) atoms. The van der Waals surface area contributed by atoms with Crippen LogP contribution in [0.25, 0.3) is 0 Å². The molecule has 0 aliphatic carbocycles. The molecule has 74 valence electrons. The van der Waals surface area contributed by atoms with Gasteiger partial charge in [0, 0.05) is 13.2 Å². The third-order valence-corrected chi connectivity index (χ3v) is 1.98. The molecule has 1 aromatic rings. The summed E-state index contributed by atoms with van der Waals surface area (Å²) >= 11 is 0. The van der Waals surface area contributed by atoms with E-state index in [-0.39, 0.29) is 5.92 Å². The normalized spacial score (nSPS) is 12.5. The molecule has 0 saturated carbocycles. The molecular formula is C9H12F3N. The van der Waals surface area contributed by atoms with Crippen molar-refractivity contribution in [2.75, 3.05) is 0 Å². The second kappa shape index (κ2) is 3.09. The van der Waals surface area contributed by atoms with Crippen molar-refractivity contribution in [1.29, 1.82) is 0 Å². The third kappa shape index (κ3) is 2.05. The Bertz CT molecular complexity index is 296. The Morgan fingerprint density at radius 1 is 1.31 bits per heavy atom. The predicted octanol–water partition coefficient (Wildman–Crippen LogP) is 3.17. The van der Waals surface area contributed by atoms with Crippen molar-refractivity contribution in [3.05, 3.63) is 23.5 Å². The van der Waals surface area contributed by atoms with Gasteiger partial charge in [0.15, 0.2) is 0 Å². The van der Waals surface area contributed by atoms with Crippen molar-refractivity contribution in [2.24, 2.45) is 7.05 Å². The molecular weight excluding hydrogens is 179 g/mol. The van der Waals surface area contributed by atoms with Crippen LogP contribution in [0, 0.1) is 0 Å². The lowest BCUT2D eigenvalue weighted by Gasteiger charge is -2.06. The van der Waals surface area contributed by atoms with Crippen LogP contribution in [-0.2, 0) is 13.2 Å². The van der Waals surface area contributed by atoms with Gasteiger partial charge in [-0.15, -0.1) is 0 Å². The molecule has 1 rings (SSSR count). The van der Waals surface area contributed by atoms with Crippen molar-refractivity contribution in [3.8, 4) is 0 Å². The zero-order valence-electron chi connectivity index (χ0n) is 7.81. The van der Waals surface area contributed by atoms with Gasteiger partial charge in [-0.1, -0.05) is 13.8 Å². The molecule has 1 aromatic heterocycles. The van der Waals surface area contributed by atoms with E-state index in [2.05, 4.69) is 0 Å². The van der Waals surface area contributed by atoms with Crippen LogP contribution in [0.15, 0.2) is 12.3 Å². The highest BCUT2D eigenvalue weighted by atomic mass is 19.4. The summed E-state index contributed by atoms with van der Waals surface area (Å²) in [6.07, 6.45) is -2.73. The maximum absolute atomic E-state index is 12.3. The van der Waals surface area contributed by atoms with Gasteiger partial charge in [0.05, 0.1) is 0 Å². The van der Waals surface area contributed by atoms with Gasteiger partial charge in [0.25, 0.3) is 0 Å². The molecule has 0 aliphatic rings. The maximum atomic E-state index is 12.3. The lowest BCUT2D eigenvalue weighted by Crippen LogP contribution is -2.09. The minimum Gasteiger partial charge on any atom is -0.347 e. The number of aryl methyl sites for hydroxylation is 1. The molecule has 0 fully saturated rings. The van der Waals surface area contributed by atoms with Gasteiger partial charge in [0.2, 0.25) is 0 Å². The van der Waals surface area contributed by atoms with E-state index in [1.165, 1.54) is 19.3 Å². The summed E-state index contributed by atoms with van der Waals surface area (Å²) in [5.41, 5.74) is 0.131. The van der Waals surface area contributed by atoms with Crippen LogP contribution in [0.1, 0.15) is 31.0 Å². The van der Waals surface area contributed by atoms with E-state index in [0.717, 1.165) is 10.1 Å². The van der Waals surface area contributed by atoms with Crippen LogP contribution in [0.5, 0.6) is 0 Å². The zero-order valence-corrected chi connectivity index (χ0v) is 7.81. The van der Waals surface area contributed by atoms with Gasteiger partial charge >= 0.3 is 6.18 Å². The van der Waals surface area contributed by atoms with Crippen molar-refractivity contribution in [1.82, 2.24) is 4.57 Å². The van der Waals surface area contributed by atoms with Crippen LogP contribution in [0.2, 0.25) is 0 Å². The molecule has 0 aromatic carbocycles. The molecule has 1 heterocycles. The Kier molecular flexibility index (Phi) is 2.41. The molecule has 0 spiro atoms. The molecule has 0 N–H and O–H groups in total. The number of nitrogens with zero attached hydrogens (tertiary/aromatic N) is 1. The minimum absolute atomic E-state index is 0.127. The van der Waals surface area contributed by atoms with Gasteiger partial charge < -0.3 is 4.57 Å². The minimum atomic E-state index is -4.25. The molecule has 0 aliphatic heterocycles. The molecule has 0 saturated heterocycles. The van der Waals surface area contributed by atoms with E-state index in [9.17, 15) is 13.2 Å². The molecule has 0 atom stereocenters. The Balaban J connectivity index is 3.11. The molecule has 1 nitrogen and oxygen atoms in total. The van der Waals surface area contributed by atoms with Gasteiger partial charge in [-0.3, -0.25) is 0 Å². The van der Waals surface area contributed by atoms with E-state index in [0.29, 0.717) is 0 Å². The average Bonchev–Trinajstić information content (AvgIpc) is 2.29. The van der Waals surface area contributed by atoms with E-state index in [1.807, 2.05) is 13.8 Å². The number of halogens is 3. The van der Waals surface area contributed by atoms with Crippen LogP contribution >= 0.6 is 0 Å². The van der Waals surface area contributed by atoms with E-state index in [4.69, 9.17) is 0 Å². The molecule has 4 heteroatoms. The highest BCUT2D eigenvalue weighted by Crippen LogP contribution is 2.31. The molecule has 0 bridgehead atoms. The summed E-state index contributed by atoms with van der Waals surface area (Å²) in [6, 6.07) is 1.20. The van der Waals surface area contributed by atoms with Gasteiger partial charge in [-0.25, -0.2) is 0 Å². The van der Waals surface area contributed by atoms with E-state index in [1.54, 1.807) is 0 Å². The van der Waals surface area contributed by atoms with Crippen LogP contribution in [0.4, 0.5) is 13.2 Å². The smallest absolute Gasteiger partial charge is 0.347 e. The highest BCUT2D eigenvalue weighted by molar-refractivity contribution is 5.23. The quantitative estimate of drug-likeness (QED) is 0.642. The molecule has 0 radical (unpaired) electrons. The third-order valence-electron chi connectivity index (χ3n) is 1.98. The molecule has 0 unspecified atom stereocenters. The first-order valence-corrected chi connectivity index (χ1v) is 4.06. The Morgan fingerprint density at radius 2 is 1.85 bits per heavy atom. The van der Waals surface area contributed by atoms with E-state index < -0.39 is 11.9 Å². The van der Waals surface area contributed by atoms with Crippen molar-refractivity contribution >= 4 is 0 Å². The lowest BCUT2D eigenvalue weighted by molar-refractivity contribution is -0.143. The number of hydrogen-bond acceptors (Lipinski definition) is 0. The Morgan fingerprint density at radius 3 is 2.08 bits per heavy atom. The fraction of sp³-hybridized carbons (Fsp3) is 0.556. The number of aromatic nitrogens is 1. The summed E-state index contributed by atoms with van der Waals surface area (Å²) in [6.45, 7) is 3.74. The zero-order chi connectivity index (χ0) is 10.2. The molecule has 0 amide bonds. The van der Waals surface area contributed by atoms with Crippen LogP contribution in [-0.4, -0.2) is 4.57 Å². The lowest BCUT2D eigenvalue weighted by atomic mass is 10.1. The second-order valence-electron chi connectivity index (χ2n) is 3.42. The summed E-state index contributed by atoms with van der Waals surface area (Å²) < 4.78 is 38.0. The number of hydrogen-bond donors (Lipinski definition) is 0. The SMILES string of the molecule is CC(C)c1cc(C(F)(F)F)n(C)c1. The topological polar surface area (TPSA) is 4.93 Å². The Labute approximate surface area is 75.2 Å². The fourth-order valence-electron chi connectivity index (χ4n) is 1.19. The summed E-state index contributed by atoms with van der Waals surface area (Å²) in [4.78, 5) is 0. The first kappa shape index (κ1) is 10.2. The van der Waals surface area contributed by atoms with Crippen LogP contribution < -0.4 is 0 Å². The van der Waals surface area contributed by atoms with Gasteiger partial charge in [-0.2, -0.15) is 13.2 Å². The summed E-state index contributed by atoms with van der Waals surface area (Å²) in [5.74, 6) is 0.127. The highest BCUT2D eigenvalue weighted by Gasteiger charge is 2.34. The first-order valence-electron chi connectivity index (χ1n) is 4.06. The van der Waals surface area contributed by atoms with Crippen molar-refractivity contribution in [2.45, 2.75) is 25.9 Å². The van der Waals surface area contributed by atoms with Crippen molar-refractivity contribution in [3.63, 3.8) is 0 Å². The van der Waals surface area contributed by atoms with Gasteiger partial charge in [0.1, 0.15) is 5.69 Å². The van der Waals surface area contributed by atoms with E-state index >= 15 is 0 Å². The fourth-order valence-corrected chi connectivity index (χ4v) is 1.19. The van der Waals surface area contributed by atoms with Crippen LogP contribution in [0.3, 0.4) is 0 Å². The largest absolute Gasteiger partial charge is 0.431 e. The van der Waals surface area contributed by atoms with Gasteiger partial charge in [-0.05, 0) is 17.5 Å².